The van der Waals surface area contributed by atoms with Crippen molar-refractivity contribution >= 4 is 22.6 Å². The Labute approximate surface area is 128 Å². The summed E-state index contributed by atoms with van der Waals surface area (Å²) in [7, 11) is 1.75. The van der Waals surface area contributed by atoms with Crippen LogP contribution in [0.15, 0.2) is 36.7 Å². The maximum atomic E-state index is 5.42. The summed E-state index contributed by atoms with van der Waals surface area (Å²) in [5, 5.41) is 4.42. The summed E-state index contributed by atoms with van der Waals surface area (Å²) in [4.78, 5) is 0. The number of aryl methyl sites for hydroxylation is 1. The third kappa shape index (κ3) is 4.04. The fourth-order valence-electron chi connectivity index (χ4n) is 1.79. The lowest BCUT2D eigenvalue weighted by atomic mass is 10.1. The van der Waals surface area contributed by atoms with E-state index in [2.05, 4.69) is 72.0 Å². The number of halogens is 1. The predicted molar refractivity (Wildman–Crippen MR) is 86.1 cm³/mol. The zero-order valence-electron chi connectivity index (χ0n) is 11.6. The van der Waals surface area contributed by atoms with Gasteiger partial charge in [-0.05, 0) is 60.6 Å². The second kappa shape index (κ2) is 6.05. The molecule has 0 aliphatic heterocycles. The summed E-state index contributed by atoms with van der Waals surface area (Å²) < 4.78 is 8.65. The Hall–Kier alpha value is -0.880. The number of nitrogens with zero attached hydrogens (tertiary/aromatic N) is 2. The number of hydrogen-bond acceptors (Lipinski definition) is 2. The van der Waals surface area contributed by atoms with Crippen LogP contribution in [0.4, 0.5) is 0 Å². The van der Waals surface area contributed by atoms with Crippen LogP contribution in [-0.4, -0.2) is 22.5 Å². The smallest absolute Gasteiger partial charge is 0.0640 e. The van der Waals surface area contributed by atoms with Gasteiger partial charge in [0.25, 0.3) is 0 Å². The first kappa shape index (κ1) is 14.5. The van der Waals surface area contributed by atoms with Gasteiger partial charge in [0.15, 0.2) is 0 Å². The van der Waals surface area contributed by atoms with Crippen molar-refractivity contribution < 1.29 is 4.74 Å². The Bertz CT molecular complexity index is 549. The van der Waals surface area contributed by atoms with Gasteiger partial charge in [-0.15, -0.1) is 0 Å². The highest BCUT2D eigenvalue weighted by molar-refractivity contribution is 14.1. The second-order valence-electron chi connectivity index (χ2n) is 5.22. The van der Waals surface area contributed by atoms with Gasteiger partial charge in [-0.3, -0.25) is 4.68 Å². The summed E-state index contributed by atoms with van der Waals surface area (Å²) in [6.07, 6.45) is 4.96. The van der Waals surface area contributed by atoms with Crippen LogP contribution in [-0.2, 0) is 11.3 Å². The van der Waals surface area contributed by atoms with Crippen molar-refractivity contribution in [3.8, 4) is 11.1 Å². The number of aromatic nitrogens is 2. The molecule has 2 aromatic rings. The topological polar surface area (TPSA) is 27.1 Å². The lowest BCUT2D eigenvalue weighted by Gasteiger charge is -2.22. The van der Waals surface area contributed by atoms with Gasteiger partial charge in [0.05, 0.1) is 11.8 Å². The Morgan fingerprint density at radius 2 is 2.11 bits per heavy atom. The van der Waals surface area contributed by atoms with Crippen LogP contribution < -0.4 is 0 Å². The summed E-state index contributed by atoms with van der Waals surface area (Å²) >= 11 is 2.33. The van der Waals surface area contributed by atoms with Crippen molar-refractivity contribution in [3.63, 3.8) is 0 Å². The van der Waals surface area contributed by atoms with Gasteiger partial charge in [-0.1, -0.05) is 12.1 Å². The van der Waals surface area contributed by atoms with E-state index in [1.165, 1.54) is 9.13 Å². The molecule has 3 nitrogen and oxygen atoms in total. The fourth-order valence-corrected chi connectivity index (χ4v) is 2.33. The highest BCUT2D eigenvalue weighted by Gasteiger charge is 2.16. The molecule has 0 aliphatic carbocycles. The Kier molecular flexibility index (Phi) is 4.62. The molecule has 1 aromatic heterocycles. The molecule has 0 spiro atoms. The van der Waals surface area contributed by atoms with Gasteiger partial charge >= 0.3 is 0 Å². The van der Waals surface area contributed by atoms with E-state index in [0.717, 1.165) is 18.5 Å². The SMILES string of the molecule is COC(C)(C)CCn1cc(-c2cccc(I)c2)cn1. The van der Waals surface area contributed by atoms with E-state index in [0.29, 0.717) is 0 Å². The standard InChI is InChI=1S/C15H19IN2O/c1-15(2,19-3)7-8-18-11-13(10-17-18)12-5-4-6-14(16)9-12/h4-6,9-11H,7-8H2,1-3H3. The van der Waals surface area contributed by atoms with Crippen LogP contribution in [0.3, 0.4) is 0 Å². The average Bonchev–Trinajstić information content (AvgIpc) is 2.85. The average molecular weight is 370 g/mol. The van der Waals surface area contributed by atoms with Crippen molar-refractivity contribution in [2.75, 3.05) is 7.11 Å². The number of rotatable bonds is 5. The quantitative estimate of drug-likeness (QED) is 0.745. The summed E-state index contributed by atoms with van der Waals surface area (Å²) in [5.74, 6) is 0. The molecule has 0 fully saturated rings. The molecule has 0 radical (unpaired) electrons. The van der Waals surface area contributed by atoms with Gasteiger partial charge in [0.2, 0.25) is 0 Å². The molecule has 0 bridgehead atoms. The first-order valence-corrected chi connectivity index (χ1v) is 7.42. The van der Waals surface area contributed by atoms with Gasteiger partial charge in [-0.2, -0.15) is 5.10 Å². The van der Waals surface area contributed by atoms with E-state index in [1.807, 2.05) is 10.9 Å². The van der Waals surface area contributed by atoms with Crippen molar-refractivity contribution in [1.82, 2.24) is 9.78 Å². The Morgan fingerprint density at radius 3 is 2.79 bits per heavy atom. The van der Waals surface area contributed by atoms with Crippen LogP contribution in [0.25, 0.3) is 11.1 Å². The minimum atomic E-state index is -0.103. The molecule has 0 N–H and O–H groups in total. The normalized spacial score (nSPS) is 11.8. The summed E-state index contributed by atoms with van der Waals surface area (Å²) in [6.45, 7) is 5.05. The predicted octanol–water partition coefficient (Wildman–Crippen LogP) is 3.97. The third-order valence-electron chi connectivity index (χ3n) is 3.29. The van der Waals surface area contributed by atoms with Gasteiger partial charge < -0.3 is 4.74 Å². The highest BCUT2D eigenvalue weighted by atomic mass is 127. The second-order valence-corrected chi connectivity index (χ2v) is 6.46. The lowest BCUT2D eigenvalue weighted by molar-refractivity contribution is 0.0113. The molecule has 102 valence electrons. The molecule has 1 heterocycles. The monoisotopic (exact) mass is 370 g/mol. The van der Waals surface area contributed by atoms with Crippen LogP contribution in [0.2, 0.25) is 0 Å². The van der Waals surface area contributed by atoms with E-state index >= 15 is 0 Å². The zero-order chi connectivity index (χ0) is 13.9. The molecule has 0 amide bonds. The van der Waals surface area contributed by atoms with Crippen LogP contribution >= 0.6 is 22.6 Å². The van der Waals surface area contributed by atoms with E-state index in [1.54, 1.807) is 7.11 Å². The Balaban J connectivity index is 2.07. The largest absolute Gasteiger partial charge is 0.379 e. The number of ether oxygens (including phenoxy) is 1. The lowest BCUT2D eigenvalue weighted by Crippen LogP contribution is -2.24. The summed E-state index contributed by atoms with van der Waals surface area (Å²) in [6, 6.07) is 8.45. The molecular weight excluding hydrogens is 351 g/mol. The van der Waals surface area contributed by atoms with Crippen molar-refractivity contribution in [2.45, 2.75) is 32.4 Å². The highest BCUT2D eigenvalue weighted by Crippen LogP contribution is 2.21. The first-order valence-electron chi connectivity index (χ1n) is 6.34. The van der Waals surface area contributed by atoms with Crippen molar-refractivity contribution in [2.24, 2.45) is 0 Å². The van der Waals surface area contributed by atoms with Crippen molar-refractivity contribution in [3.05, 3.63) is 40.2 Å². The molecular formula is C15H19IN2O. The number of hydrogen-bond donors (Lipinski definition) is 0. The van der Waals surface area contributed by atoms with E-state index in [4.69, 9.17) is 4.74 Å². The van der Waals surface area contributed by atoms with Crippen molar-refractivity contribution in [1.29, 1.82) is 0 Å². The molecule has 0 saturated carbocycles. The molecule has 2 rings (SSSR count). The third-order valence-corrected chi connectivity index (χ3v) is 3.96. The van der Waals surface area contributed by atoms with Gasteiger partial charge in [0, 0.05) is 29.0 Å². The molecule has 4 heteroatoms. The summed E-state index contributed by atoms with van der Waals surface area (Å²) in [5.41, 5.74) is 2.27. The van der Waals surface area contributed by atoms with E-state index < -0.39 is 0 Å². The first-order chi connectivity index (χ1) is 9.00. The van der Waals surface area contributed by atoms with Crippen LogP contribution in [0.1, 0.15) is 20.3 Å². The molecule has 0 saturated heterocycles. The van der Waals surface area contributed by atoms with E-state index in [9.17, 15) is 0 Å². The Morgan fingerprint density at radius 1 is 1.32 bits per heavy atom. The number of methoxy groups -OCH3 is 1. The maximum Gasteiger partial charge on any atom is 0.0640 e. The van der Waals surface area contributed by atoms with Gasteiger partial charge in [0.1, 0.15) is 0 Å². The number of benzene rings is 1. The minimum Gasteiger partial charge on any atom is -0.379 e. The van der Waals surface area contributed by atoms with Gasteiger partial charge in [-0.25, -0.2) is 0 Å². The van der Waals surface area contributed by atoms with Crippen LogP contribution in [0.5, 0.6) is 0 Å². The zero-order valence-corrected chi connectivity index (χ0v) is 13.7. The molecule has 0 unspecified atom stereocenters. The van der Waals surface area contributed by atoms with Crippen LogP contribution in [0, 0.1) is 3.57 Å². The van der Waals surface area contributed by atoms with E-state index in [-0.39, 0.29) is 5.60 Å². The molecule has 1 aromatic carbocycles. The maximum absolute atomic E-state index is 5.42. The minimum absolute atomic E-state index is 0.103. The molecule has 19 heavy (non-hydrogen) atoms. The molecule has 0 atom stereocenters. The molecule has 0 aliphatic rings. The fraction of sp³-hybridized carbons (Fsp3) is 0.400.